The zero-order valence-corrected chi connectivity index (χ0v) is 6.42. The Kier molecular flexibility index (Phi) is 1.94. The molecular formula is C7H9NO3. The second kappa shape index (κ2) is 2.74. The predicted octanol–water partition coefficient (Wildman–Crippen LogP) is 0.919. The molecule has 1 rings (SSSR count). The van der Waals surface area contributed by atoms with Gasteiger partial charge in [-0.3, -0.25) is 4.79 Å². The standard InChI is InChI=1S/C7H9NO3/c1-4-6(3-7(9)10)11-5(2)8-4/h3H2,1-2H3,(H,9,10). The fourth-order valence-corrected chi connectivity index (χ4v) is 0.875. The fraction of sp³-hybridized carbons (Fsp3) is 0.429. The van der Waals surface area contributed by atoms with E-state index in [9.17, 15) is 4.79 Å². The molecule has 0 radical (unpaired) electrons. The Hall–Kier alpha value is -1.32. The summed E-state index contributed by atoms with van der Waals surface area (Å²) in [5, 5.41) is 8.41. The second-order valence-electron chi connectivity index (χ2n) is 2.31. The van der Waals surface area contributed by atoms with Gasteiger partial charge in [0.25, 0.3) is 0 Å². The van der Waals surface area contributed by atoms with Crippen LogP contribution in [0.5, 0.6) is 0 Å². The lowest BCUT2D eigenvalue weighted by Gasteiger charge is -1.88. The van der Waals surface area contributed by atoms with Gasteiger partial charge in [-0.1, -0.05) is 0 Å². The van der Waals surface area contributed by atoms with Crippen LogP contribution in [0, 0.1) is 13.8 Å². The molecule has 0 unspecified atom stereocenters. The highest BCUT2D eigenvalue weighted by molar-refractivity contribution is 5.69. The number of rotatable bonds is 2. The van der Waals surface area contributed by atoms with Crippen LogP contribution in [0.15, 0.2) is 4.42 Å². The summed E-state index contributed by atoms with van der Waals surface area (Å²) in [7, 11) is 0. The first kappa shape index (κ1) is 7.78. The maximum absolute atomic E-state index is 10.2. The third kappa shape index (κ3) is 1.80. The van der Waals surface area contributed by atoms with Crippen molar-refractivity contribution in [3.8, 4) is 0 Å². The smallest absolute Gasteiger partial charge is 0.311 e. The molecule has 0 aromatic carbocycles. The molecule has 0 aliphatic heterocycles. The summed E-state index contributed by atoms with van der Waals surface area (Å²) in [6.45, 7) is 3.42. The van der Waals surface area contributed by atoms with Gasteiger partial charge in [0.1, 0.15) is 12.2 Å². The Labute approximate surface area is 63.9 Å². The molecule has 0 aliphatic rings. The van der Waals surface area contributed by atoms with Gasteiger partial charge in [-0.25, -0.2) is 4.98 Å². The number of aryl methyl sites for hydroxylation is 2. The van der Waals surface area contributed by atoms with Crippen molar-refractivity contribution >= 4 is 5.97 Å². The van der Waals surface area contributed by atoms with Crippen molar-refractivity contribution in [3.63, 3.8) is 0 Å². The van der Waals surface area contributed by atoms with Crippen LogP contribution in [-0.4, -0.2) is 16.1 Å². The summed E-state index contributed by atoms with van der Waals surface area (Å²) in [5.74, 6) is 0.0537. The van der Waals surface area contributed by atoms with Gasteiger partial charge in [0.2, 0.25) is 0 Å². The monoisotopic (exact) mass is 155 g/mol. The van der Waals surface area contributed by atoms with Crippen molar-refractivity contribution in [1.82, 2.24) is 4.98 Å². The van der Waals surface area contributed by atoms with Gasteiger partial charge in [0, 0.05) is 6.92 Å². The number of carboxylic acid groups (broad SMARTS) is 1. The average molecular weight is 155 g/mol. The predicted molar refractivity (Wildman–Crippen MR) is 37.3 cm³/mol. The highest BCUT2D eigenvalue weighted by Gasteiger charge is 2.09. The third-order valence-corrected chi connectivity index (χ3v) is 1.31. The van der Waals surface area contributed by atoms with Gasteiger partial charge in [-0.2, -0.15) is 0 Å². The lowest BCUT2D eigenvalue weighted by molar-refractivity contribution is -0.136. The zero-order valence-electron chi connectivity index (χ0n) is 6.42. The van der Waals surface area contributed by atoms with Gasteiger partial charge < -0.3 is 9.52 Å². The molecule has 0 aliphatic carbocycles. The molecule has 4 nitrogen and oxygen atoms in total. The molecule has 4 heteroatoms. The van der Waals surface area contributed by atoms with E-state index in [1.54, 1.807) is 13.8 Å². The topological polar surface area (TPSA) is 63.3 Å². The molecule has 0 atom stereocenters. The van der Waals surface area contributed by atoms with E-state index in [1.807, 2.05) is 0 Å². The van der Waals surface area contributed by atoms with Crippen molar-refractivity contribution < 1.29 is 14.3 Å². The summed E-state index contributed by atoms with van der Waals surface area (Å²) < 4.78 is 5.03. The minimum Gasteiger partial charge on any atom is -0.481 e. The lowest BCUT2D eigenvalue weighted by atomic mass is 10.3. The van der Waals surface area contributed by atoms with Crippen LogP contribution in [-0.2, 0) is 11.2 Å². The highest BCUT2D eigenvalue weighted by atomic mass is 16.4. The SMILES string of the molecule is Cc1nc(C)c(CC(=O)O)o1. The molecule has 60 valence electrons. The molecule has 0 saturated carbocycles. The van der Waals surface area contributed by atoms with Crippen LogP contribution >= 0.6 is 0 Å². The van der Waals surface area contributed by atoms with Crippen LogP contribution in [0.3, 0.4) is 0 Å². The molecule has 1 heterocycles. The Balaban J connectivity index is 2.85. The lowest BCUT2D eigenvalue weighted by Crippen LogP contribution is -1.99. The van der Waals surface area contributed by atoms with E-state index in [0.717, 1.165) is 0 Å². The van der Waals surface area contributed by atoms with Gasteiger partial charge in [0.15, 0.2) is 5.89 Å². The third-order valence-electron chi connectivity index (χ3n) is 1.31. The quantitative estimate of drug-likeness (QED) is 0.689. The van der Waals surface area contributed by atoms with Crippen LogP contribution < -0.4 is 0 Å². The van der Waals surface area contributed by atoms with Crippen molar-refractivity contribution in [3.05, 3.63) is 17.3 Å². The number of hydrogen-bond donors (Lipinski definition) is 1. The van der Waals surface area contributed by atoms with E-state index in [-0.39, 0.29) is 6.42 Å². The molecule has 1 aromatic rings. The number of nitrogens with zero attached hydrogens (tertiary/aromatic N) is 1. The molecule has 1 N–H and O–H groups in total. The Morgan fingerprint density at radius 3 is 2.64 bits per heavy atom. The Bertz CT molecular complexity index is 277. The number of carboxylic acids is 1. The second-order valence-corrected chi connectivity index (χ2v) is 2.31. The number of aliphatic carboxylic acids is 1. The zero-order chi connectivity index (χ0) is 8.43. The van der Waals surface area contributed by atoms with E-state index < -0.39 is 5.97 Å². The summed E-state index contributed by atoms with van der Waals surface area (Å²) in [6.07, 6.45) is -0.0906. The number of oxazole rings is 1. The number of hydrogen-bond acceptors (Lipinski definition) is 3. The maximum atomic E-state index is 10.2. The van der Waals surface area contributed by atoms with E-state index in [1.165, 1.54) is 0 Å². The summed E-state index contributed by atoms with van der Waals surface area (Å²) in [6, 6.07) is 0. The van der Waals surface area contributed by atoms with Crippen molar-refractivity contribution in [2.24, 2.45) is 0 Å². The summed E-state index contributed by atoms with van der Waals surface area (Å²) >= 11 is 0. The summed E-state index contributed by atoms with van der Waals surface area (Å²) in [5.41, 5.74) is 0.657. The Morgan fingerprint density at radius 1 is 1.64 bits per heavy atom. The minimum absolute atomic E-state index is 0.0906. The number of carbonyl (C=O) groups is 1. The first-order chi connectivity index (χ1) is 5.09. The van der Waals surface area contributed by atoms with E-state index in [0.29, 0.717) is 17.3 Å². The molecule has 0 spiro atoms. The van der Waals surface area contributed by atoms with Crippen LogP contribution in [0.25, 0.3) is 0 Å². The first-order valence-corrected chi connectivity index (χ1v) is 3.24. The maximum Gasteiger partial charge on any atom is 0.311 e. The molecule has 1 aromatic heterocycles. The number of aromatic nitrogens is 1. The molecule has 0 bridgehead atoms. The molecule has 11 heavy (non-hydrogen) atoms. The minimum atomic E-state index is -0.899. The largest absolute Gasteiger partial charge is 0.481 e. The van der Waals surface area contributed by atoms with Crippen LogP contribution in [0.2, 0.25) is 0 Å². The van der Waals surface area contributed by atoms with E-state index in [4.69, 9.17) is 9.52 Å². The van der Waals surface area contributed by atoms with Gasteiger partial charge in [-0.15, -0.1) is 0 Å². The van der Waals surface area contributed by atoms with Crippen molar-refractivity contribution in [2.45, 2.75) is 20.3 Å². The average Bonchev–Trinajstić information content (AvgIpc) is 2.09. The van der Waals surface area contributed by atoms with Crippen LogP contribution in [0.4, 0.5) is 0 Å². The van der Waals surface area contributed by atoms with Gasteiger partial charge in [-0.05, 0) is 6.92 Å². The fourth-order valence-electron chi connectivity index (χ4n) is 0.875. The first-order valence-electron chi connectivity index (χ1n) is 3.24. The van der Waals surface area contributed by atoms with Crippen LogP contribution in [0.1, 0.15) is 17.3 Å². The molecule has 0 fully saturated rings. The molecule has 0 amide bonds. The molecular weight excluding hydrogens is 146 g/mol. The van der Waals surface area contributed by atoms with Gasteiger partial charge in [0.05, 0.1) is 5.69 Å². The van der Waals surface area contributed by atoms with Crippen molar-refractivity contribution in [2.75, 3.05) is 0 Å². The highest BCUT2D eigenvalue weighted by Crippen LogP contribution is 2.09. The summed E-state index contributed by atoms with van der Waals surface area (Å²) in [4.78, 5) is 14.2. The normalized spacial score (nSPS) is 10.0. The van der Waals surface area contributed by atoms with E-state index >= 15 is 0 Å². The Morgan fingerprint density at radius 2 is 2.27 bits per heavy atom. The van der Waals surface area contributed by atoms with Crippen molar-refractivity contribution in [1.29, 1.82) is 0 Å². The molecule has 0 saturated heterocycles. The van der Waals surface area contributed by atoms with E-state index in [2.05, 4.69) is 4.98 Å². The van der Waals surface area contributed by atoms with Gasteiger partial charge >= 0.3 is 5.97 Å².